The monoisotopic (exact) mass is 953 g/mol. The smallest absolute Gasteiger partial charge is 0.268 e. The number of hydrogen-bond acceptors (Lipinski definition) is 13. The zero-order valence-electron chi connectivity index (χ0n) is 37.5. The number of fused-ring (bicyclic) bond motifs is 1. The molecule has 1 aliphatic rings. The van der Waals surface area contributed by atoms with Crippen LogP contribution in [0.2, 0.25) is 5.02 Å². The van der Waals surface area contributed by atoms with Gasteiger partial charge in [0.25, 0.3) is 7.82 Å². The highest BCUT2D eigenvalue weighted by molar-refractivity contribution is 7.44. The lowest BCUT2D eigenvalue weighted by molar-refractivity contribution is -0.947. The molecule has 6 rings (SSSR count). The molecule has 1 aliphatic heterocycles. The number of hydrogen-bond donors (Lipinski definition) is 4. The van der Waals surface area contributed by atoms with Crippen molar-refractivity contribution < 1.29 is 56.5 Å². The van der Waals surface area contributed by atoms with Gasteiger partial charge in [-0.25, -0.2) is 14.4 Å². The average molecular weight is 954 g/mol. The van der Waals surface area contributed by atoms with Crippen molar-refractivity contribution in [3.8, 4) is 17.2 Å². The molecular formula is C48H62ClFN5O10P. The van der Waals surface area contributed by atoms with Crippen molar-refractivity contribution in [2.75, 3.05) is 85.0 Å². The van der Waals surface area contributed by atoms with Crippen molar-refractivity contribution >= 4 is 41.8 Å². The fraction of sp³-hybridized carbons (Fsp3) is 0.458. The van der Waals surface area contributed by atoms with E-state index in [1.165, 1.54) is 24.0 Å². The molecule has 2 unspecified atom stereocenters. The topological polar surface area (TPSA) is 186 Å². The third kappa shape index (κ3) is 16.4. The predicted molar refractivity (Wildman–Crippen MR) is 250 cm³/mol. The Kier molecular flexibility index (Phi) is 20.2. The number of phosphoric acid groups is 1. The molecule has 4 N–H and O–H groups in total. The molecule has 0 saturated carbocycles. The third-order valence-electron chi connectivity index (χ3n) is 11.5. The van der Waals surface area contributed by atoms with Crippen LogP contribution in [-0.4, -0.2) is 104 Å². The number of aliphatic hydroxyl groups excluding tert-OH is 1. The van der Waals surface area contributed by atoms with Crippen molar-refractivity contribution in [1.82, 2.24) is 15.3 Å². The van der Waals surface area contributed by atoms with Crippen LogP contribution in [0.5, 0.6) is 17.2 Å². The van der Waals surface area contributed by atoms with E-state index in [0.717, 1.165) is 70.3 Å². The van der Waals surface area contributed by atoms with Crippen LogP contribution in [0, 0.1) is 5.82 Å². The highest BCUT2D eigenvalue weighted by atomic mass is 35.5. The third-order valence-corrected chi connectivity index (χ3v) is 12.3. The second-order valence-electron chi connectivity index (χ2n) is 16.4. The molecule has 4 aromatic carbocycles. The normalized spacial score (nSPS) is 15.0. The van der Waals surface area contributed by atoms with Gasteiger partial charge in [-0.1, -0.05) is 60.8 Å². The Morgan fingerprint density at radius 2 is 1.68 bits per heavy atom. The number of aromatic nitrogens is 2. The number of quaternary nitrogens is 1. The Balaban J connectivity index is 0.999. The summed E-state index contributed by atoms with van der Waals surface area (Å²) in [5, 5.41) is 18.3. The van der Waals surface area contributed by atoms with Crippen molar-refractivity contribution in [3.63, 3.8) is 0 Å². The van der Waals surface area contributed by atoms with E-state index in [2.05, 4.69) is 49.4 Å². The second kappa shape index (κ2) is 26.2. The summed E-state index contributed by atoms with van der Waals surface area (Å²) in [4.78, 5) is 29.5. The van der Waals surface area contributed by atoms with Crippen LogP contribution in [0.25, 0.3) is 10.9 Å². The number of halogens is 2. The van der Waals surface area contributed by atoms with Gasteiger partial charge in [0.2, 0.25) is 0 Å². The van der Waals surface area contributed by atoms with Gasteiger partial charge in [0.15, 0.2) is 18.3 Å². The van der Waals surface area contributed by atoms with Crippen LogP contribution < -0.4 is 29.7 Å². The Morgan fingerprint density at radius 1 is 0.894 bits per heavy atom. The lowest BCUT2D eigenvalue weighted by atomic mass is 10.0. The SMILES string of the molecule is COc1cc2ncnc(Nc3ccc(F)c(Cl)c3)c2cc1OCCC[N+]1(Cc2ccc(C(O)CNCCCCCCOCCCCc3ccccc3)cc2OCOP(=O)([O-])O)CCOCC1. The number of aryl methyl sites for hydroxylation is 1. The van der Waals surface area contributed by atoms with Crippen LogP contribution >= 0.6 is 19.4 Å². The summed E-state index contributed by atoms with van der Waals surface area (Å²) in [5.41, 5.74) is 3.90. The van der Waals surface area contributed by atoms with Gasteiger partial charge >= 0.3 is 0 Å². The molecule has 1 aromatic heterocycles. The largest absolute Gasteiger partial charge is 0.756 e. The number of methoxy groups -OCH3 is 1. The van der Waals surface area contributed by atoms with Gasteiger partial charge in [0.1, 0.15) is 43.3 Å². The van der Waals surface area contributed by atoms with E-state index >= 15 is 0 Å². The number of benzene rings is 4. The molecule has 5 aromatic rings. The van der Waals surface area contributed by atoms with E-state index in [4.69, 9.17) is 35.3 Å². The molecule has 0 bridgehead atoms. The first-order chi connectivity index (χ1) is 32.0. The molecule has 0 amide bonds. The zero-order valence-corrected chi connectivity index (χ0v) is 39.2. The van der Waals surface area contributed by atoms with Crippen LogP contribution in [0.3, 0.4) is 0 Å². The minimum Gasteiger partial charge on any atom is -0.756 e. The highest BCUT2D eigenvalue weighted by Gasteiger charge is 2.32. The summed E-state index contributed by atoms with van der Waals surface area (Å²) >= 11 is 6.02. The molecule has 2 heterocycles. The van der Waals surface area contributed by atoms with Gasteiger partial charge in [-0.2, -0.15) is 0 Å². The first-order valence-electron chi connectivity index (χ1n) is 22.6. The summed E-state index contributed by atoms with van der Waals surface area (Å²) in [6, 6.07) is 23.8. The molecule has 0 aliphatic carbocycles. The fourth-order valence-electron chi connectivity index (χ4n) is 7.93. The quantitative estimate of drug-likeness (QED) is 0.0156. The predicted octanol–water partition coefficient (Wildman–Crippen LogP) is 8.03. The van der Waals surface area contributed by atoms with Crippen molar-refractivity contribution in [1.29, 1.82) is 0 Å². The maximum atomic E-state index is 13.8. The second-order valence-corrected chi connectivity index (χ2v) is 18.0. The maximum absolute atomic E-state index is 13.8. The van der Waals surface area contributed by atoms with E-state index in [9.17, 15) is 23.8 Å². The number of anilines is 2. The summed E-state index contributed by atoms with van der Waals surface area (Å²) in [5.74, 6) is 1.29. The number of nitrogens with one attached hydrogen (secondary N) is 2. The van der Waals surface area contributed by atoms with E-state index in [1.54, 1.807) is 31.4 Å². The number of phosphoric ester groups is 1. The standard InChI is InChI=1S/C48H62ClFN5O10P/c1-60-46-31-43-40(48(53-34-52-43)54-39-17-18-42(50)41(49)29-39)30-47(46)63-25-11-20-55(21-26-62-27-22-55)33-38-16-15-37(28-45(38)64-35-65-66(57,58)59)44(56)32-51-19-8-2-3-9-23-61-24-10-7-14-36-12-5-4-6-13-36/h4-6,12-13,15-18,28-31,34,44,51,56H,2-3,7-11,14,19-27,32-33,35H2,1H3,(H2-,52,53,54,57,58,59). The summed E-state index contributed by atoms with van der Waals surface area (Å²) in [6.45, 7) is 5.98. The molecule has 1 saturated heterocycles. The molecule has 1 fully saturated rings. The number of unbranched alkanes of at least 4 members (excludes halogenated alkanes) is 4. The van der Waals surface area contributed by atoms with Gasteiger partial charge in [-0.15, -0.1) is 0 Å². The number of aliphatic hydroxyl groups is 1. The molecule has 2 atom stereocenters. The van der Waals surface area contributed by atoms with Gasteiger partial charge in [-0.05, 0) is 86.2 Å². The highest BCUT2D eigenvalue weighted by Crippen LogP contribution is 2.36. The van der Waals surface area contributed by atoms with E-state index < -0.39 is 26.5 Å². The lowest BCUT2D eigenvalue weighted by Gasteiger charge is -2.41. The molecule has 66 heavy (non-hydrogen) atoms. The van der Waals surface area contributed by atoms with Crippen molar-refractivity contribution in [2.45, 2.75) is 64.0 Å². The van der Waals surface area contributed by atoms with Crippen LogP contribution in [-0.2, 0) is 31.5 Å². The number of nitrogens with zero attached hydrogens (tertiary/aromatic N) is 3. The summed E-state index contributed by atoms with van der Waals surface area (Å²) in [6.07, 6.45) is 8.61. The Morgan fingerprint density at radius 3 is 2.45 bits per heavy atom. The zero-order chi connectivity index (χ0) is 46.6. The summed E-state index contributed by atoms with van der Waals surface area (Å²) in [7, 11) is -3.49. The number of ether oxygens (including phenoxy) is 5. The molecule has 18 heteroatoms. The minimum absolute atomic E-state index is 0.0188. The maximum Gasteiger partial charge on any atom is 0.268 e. The Bertz CT molecular complexity index is 2310. The molecular weight excluding hydrogens is 892 g/mol. The van der Waals surface area contributed by atoms with E-state index in [-0.39, 0.29) is 5.02 Å². The molecule has 0 spiro atoms. The van der Waals surface area contributed by atoms with Gasteiger partial charge < -0.3 is 53.7 Å². The average Bonchev–Trinajstić information content (AvgIpc) is 3.31. The number of rotatable bonds is 29. The lowest BCUT2D eigenvalue weighted by Crippen LogP contribution is -2.55. The molecule has 358 valence electrons. The minimum atomic E-state index is -5.04. The first kappa shape index (κ1) is 51.0. The van der Waals surface area contributed by atoms with Gasteiger partial charge in [0.05, 0.1) is 50.1 Å². The van der Waals surface area contributed by atoms with Gasteiger partial charge in [-0.3, -0.25) is 9.09 Å². The van der Waals surface area contributed by atoms with E-state index in [1.807, 2.05) is 18.2 Å². The van der Waals surface area contributed by atoms with Crippen LogP contribution in [0.15, 0.2) is 85.2 Å². The van der Waals surface area contributed by atoms with Crippen molar-refractivity contribution in [2.24, 2.45) is 0 Å². The van der Waals surface area contributed by atoms with Gasteiger partial charge in [0, 0.05) is 48.9 Å². The fourth-order valence-corrected chi connectivity index (χ4v) is 8.29. The van der Waals surface area contributed by atoms with E-state index in [0.29, 0.717) is 109 Å². The Labute approximate surface area is 391 Å². The van der Waals surface area contributed by atoms with Crippen LogP contribution in [0.1, 0.15) is 67.7 Å². The first-order valence-corrected chi connectivity index (χ1v) is 24.4. The molecule has 15 nitrogen and oxygen atoms in total. The molecule has 0 radical (unpaired) electrons. The summed E-state index contributed by atoms with van der Waals surface area (Å²) < 4.78 is 59.8. The van der Waals surface area contributed by atoms with Crippen LogP contribution in [0.4, 0.5) is 15.9 Å². The Hall–Kier alpha value is -4.45. The number of morpholine rings is 1. The van der Waals surface area contributed by atoms with Crippen molar-refractivity contribution in [3.05, 3.63) is 113 Å².